The van der Waals surface area contributed by atoms with E-state index in [-0.39, 0.29) is 6.04 Å². The van der Waals surface area contributed by atoms with Crippen LogP contribution in [-0.2, 0) is 4.79 Å². The molecule has 102 valence electrons. The molecule has 0 aromatic carbocycles. The van der Waals surface area contributed by atoms with Crippen LogP contribution in [0.4, 0.5) is 17.6 Å². The molecule has 0 aliphatic rings. The molecule has 2 N–H and O–H groups in total. The summed E-state index contributed by atoms with van der Waals surface area (Å²) in [6, 6.07) is -0.0140. The molecule has 0 fully saturated rings. The maximum atomic E-state index is 12.4. The molecular weight excluding hydrogens is 240 g/mol. The second-order valence-corrected chi connectivity index (χ2v) is 3.75. The third kappa shape index (κ3) is 6.45. The number of amides is 1. The summed E-state index contributed by atoms with van der Waals surface area (Å²) in [5, 5.41) is 4.62. The molecule has 3 nitrogen and oxygen atoms in total. The van der Waals surface area contributed by atoms with E-state index in [9.17, 15) is 22.4 Å². The lowest BCUT2D eigenvalue weighted by Crippen LogP contribution is -2.45. The Kier molecular flexibility index (Phi) is 7.10. The van der Waals surface area contributed by atoms with Crippen LogP contribution in [0.5, 0.6) is 0 Å². The van der Waals surface area contributed by atoms with Crippen LogP contribution in [0.1, 0.15) is 26.7 Å². The zero-order valence-electron chi connectivity index (χ0n) is 9.90. The van der Waals surface area contributed by atoms with Crippen LogP contribution < -0.4 is 10.6 Å². The van der Waals surface area contributed by atoms with Gasteiger partial charge in [-0.15, -0.1) is 0 Å². The average Bonchev–Trinajstić information content (AvgIpc) is 2.25. The van der Waals surface area contributed by atoms with Crippen LogP contribution in [0.25, 0.3) is 0 Å². The summed E-state index contributed by atoms with van der Waals surface area (Å²) in [5.41, 5.74) is 0. The zero-order valence-corrected chi connectivity index (χ0v) is 9.90. The molecule has 0 aromatic heterocycles. The molecule has 1 amide bonds. The Bertz CT molecular complexity index is 232. The fourth-order valence-corrected chi connectivity index (χ4v) is 1.19. The largest absolute Gasteiger partial charge is 0.352 e. The van der Waals surface area contributed by atoms with E-state index >= 15 is 0 Å². The van der Waals surface area contributed by atoms with Crippen molar-refractivity contribution < 1.29 is 22.4 Å². The van der Waals surface area contributed by atoms with Gasteiger partial charge in [-0.2, -0.15) is 8.78 Å². The van der Waals surface area contributed by atoms with Gasteiger partial charge in [-0.05, 0) is 12.8 Å². The predicted molar refractivity (Wildman–Crippen MR) is 56.3 cm³/mol. The Morgan fingerprint density at radius 1 is 1.24 bits per heavy atom. The normalized spacial score (nSPS) is 12.2. The van der Waals surface area contributed by atoms with E-state index in [4.69, 9.17) is 0 Å². The van der Waals surface area contributed by atoms with Crippen molar-refractivity contribution in [3.05, 3.63) is 0 Å². The number of hydrogen-bond acceptors (Lipinski definition) is 2. The molecule has 0 aromatic rings. The molecule has 0 saturated carbocycles. The first kappa shape index (κ1) is 16.1. The van der Waals surface area contributed by atoms with Gasteiger partial charge in [0.1, 0.15) is 0 Å². The molecule has 0 saturated heterocycles. The fourth-order valence-electron chi connectivity index (χ4n) is 1.19. The van der Waals surface area contributed by atoms with Crippen LogP contribution in [0, 0.1) is 0 Å². The van der Waals surface area contributed by atoms with Crippen molar-refractivity contribution in [1.29, 1.82) is 0 Å². The standard InChI is InChI=1S/C10H18F4N2O/c1-3-7(4-2)16-8(17)5-15-6-10(13,14)9(11)12/h7,9,15H,3-6H2,1-2H3,(H,16,17). The Labute approximate surface area is 97.9 Å². The molecule has 0 radical (unpaired) electrons. The summed E-state index contributed by atoms with van der Waals surface area (Å²) < 4.78 is 48.4. The summed E-state index contributed by atoms with van der Waals surface area (Å²) in [7, 11) is 0. The molecule has 0 bridgehead atoms. The second kappa shape index (κ2) is 7.47. The first-order chi connectivity index (χ1) is 7.83. The summed E-state index contributed by atoms with van der Waals surface area (Å²) in [6.07, 6.45) is -2.26. The second-order valence-electron chi connectivity index (χ2n) is 3.75. The van der Waals surface area contributed by atoms with Crippen LogP contribution in [0.15, 0.2) is 0 Å². The third-order valence-corrected chi connectivity index (χ3v) is 2.32. The number of hydrogen-bond donors (Lipinski definition) is 2. The number of carbonyl (C=O) groups excluding carboxylic acids is 1. The number of halogens is 4. The molecule has 0 spiro atoms. The van der Waals surface area contributed by atoms with Gasteiger partial charge < -0.3 is 10.6 Å². The van der Waals surface area contributed by atoms with E-state index in [0.29, 0.717) is 0 Å². The van der Waals surface area contributed by atoms with Crippen molar-refractivity contribution in [2.24, 2.45) is 0 Å². The topological polar surface area (TPSA) is 41.1 Å². The van der Waals surface area contributed by atoms with Gasteiger partial charge in [-0.25, -0.2) is 8.78 Å². The van der Waals surface area contributed by atoms with Crippen LogP contribution in [0.3, 0.4) is 0 Å². The van der Waals surface area contributed by atoms with Gasteiger partial charge >= 0.3 is 12.3 Å². The Hall–Kier alpha value is -0.850. The molecule has 7 heteroatoms. The average molecular weight is 258 g/mol. The minimum Gasteiger partial charge on any atom is -0.352 e. The van der Waals surface area contributed by atoms with E-state index < -0.39 is 31.3 Å². The number of carbonyl (C=O) groups is 1. The molecule has 0 heterocycles. The fraction of sp³-hybridized carbons (Fsp3) is 0.900. The van der Waals surface area contributed by atoms with Crippen LogP contribution in [0.2, 0.25) is 0 Å². The molecule has 0 aliphatic heterocycles. The van der Waals surface area contributed by atoms with Gasteiger partial charge in [0, 0.05) is 6.04 Å². The summed E-state index contributed by atoms with van der Waals surface area (Å²) >= 11 is 0. The van der Waals surface area contributed by atoms with E-state index in [0.717, 1.165) is 12.8 Å². The van der Waals surface area contributed by atoms with Crippen molar-refractivity contribution in [1.82, 2.24) is 10.6 Å². The van der Waals surface area contributed by atoms with Crippen LogP contribution >= 0.6 is 0 Å². The first-order valence-electron chi connectivity index (χ1n) is 5.49. The summed E-state index contributed by atoms with van der Waals surface area (Å²) in [5.74, 6) is -4.57. The van der Waals surface area contributed by atoms with Crippen molar-refractivity contribution in [3.8, 4) is 0 Å². The highest BCUT2D eigenvalue weighted by atomic mass is 19.3. The van der Waals surface area contributed by atoms with Gasteiger partial charge in [0.05, 0.1) is 13.1 Å². The molecule has 0 aliphatic carbocycles. The summed E-state index contributed by atoms with van der Waals surface area (Å²) in [6.45, 7) is 2.17. The molecule has 0 unspecified atom stereocenters. The van der Waals surface area contributed by atoms with E-state index in [1.807, 2.05) is 19.2 Å². The lowest BCUT2D eigenvalue weighted by Gasteiger charge is -2.17. The molecular formula is C10H18F4N2O. The molecule has 0 rings (SSSR count). The SMILES string of the molecule is CCC(CC)NC(=O)CNCC(F)(F)C(F)F. The Morgan fingerprint density at radius 2 is 1.76 bits per heavy atom. The van der Waals surface area contributed by atoms with Crippen molar-refractivity contribution >= 4 is 5.91 Å². The maximum Gasteiger partial charge on any atom is 0.319 e. The Morgan fingerprint density at radius 3 is 2.18 bits per heavy atom. The summed E-state index contributed by atoms with van der Waals surface area (Å²) in [4.78, 5) is 11.2. The first-order valence-corrected chi connectivity index (χ1v) is 5.49. The molecule has 17 heavy (non-hydrogen) atoms. The third-order valence-electron chi connectivity index (χ3n) is 2.32. The molecule has 0 atom stereocenters. The highest BCUT2D eigenvalue weighted by Crippen LogP contribution is 2.21. The zero-order chi connectivity index (χ0) is 13.5. The van der Waals surface area contributed by atoms with Gasteiger partial charge in [0.2, 0.25) is 5.91 Å². The minimum absolute atomic E-state index is 0.0140. The van der Waals surface area contributed by atoms with Gasteiger partial charge in [-0.1, -0.05) is 13.8 Å². The monoisotopic (exact) mass is 258 g/mol. The number of alkyl halides is 4. The van der Waals surface area contributed by atoms with E-state index in [1.165, 1.54) is 0 Å². The maximum absolute atomic E-state index is 12.4. The van der Waals surface area contributed by atoms with Crippen molar-refractivity contribution in [3.63, 3.8) is 0 Å². The van der Waals surface area contributed by atoms with Gasteiger partial charge in [0.25, 0.3) is 0 Å². The van der Waals surface area contributed by atoms with Crippen molar-refractivity contribution in [2.45, 2.75) is 45.1 Å². The van der Waals surface area contributed by atoms with E-state index in [2.05, 4.69) is 5.32 Å². The highest BCUT2D eigenvalue weighted by molar-refractivity contribution is 5.78. The smallest absolute Gasteiger partial charge is 0.319 e. The number of nitrogens with one attached hydrogen (secondary N) is 2. The van der Waals surface area contributed by atoms with Crippen molar-refractivity contribution in [2.75, 3.05) is 13.1 Å². The Balaban J connectivity index is 3.86. The number of rotatable bonds is 8. The van der Waals surface area contributed by atoms with Gasteiger partial charge in [-0.3, -0.25) is 4.79 Å². The highest BCUT2D eigenvalue weighted by Gasteiger charge is 2.40. The van der Waals surface area contributed by atoms with Crippen LogP contribution in [-0.4, -0.2) is 37.4 Å². The quantitative estimate of drug-likeness (QED) is 0.652. The lowest BCUT2D eigenvalue weighted by molar-refractivity contribution is -0.129. The minimum atomic E-state index is -4.10. The lowest BCUT2D eigenvalue weighted by atomic mass is 10.2. The van der Waals surface area contributed by atoms with Gasteiger partial charge in [0.15, 0.2) is 0 Å². The van der Waals surface area contributed by atoms with E-state index in [1.54, 1.807) is 0 Å². The predicted octanol–water partition coefficient (Wildman–Crippen LogP) is 1.78.